The number of rotatable bonds is 4. The zero-order valence-electron chi connectivity index (χ0n) is 10.2. The van der Waals surface area contributed by atoms with Crippen LogP contribution in [0.4, 0.5) is 0 Å². The molecule has 1 aromatic rings. The largest absolute Gasteiger partial charge is 0.324 e. The van der Waals surface area contributed by atoms with E-state index in [9.17, 15) is 0 Å². The molecule has 3 heteroatoms. The molecule has 0 spiro atoms. The monoisotopic (exact) mass is 261 g/mol. The summed E-state index contributed by atoms with van der Waals surface area (Å²) in [4.78, 5) is 0. The standard InChI is InChI=1S/C13H20ClN.ClH/c1-9(2)7-8-12(15)13-10(3)5-4-6-11(13)14;/h4-6,9,12H,7-8,15H2,1-3H3;1H/t12-;/m0./s1. The summed E-state index contributed by atoms with van der Waals surface area (Å²) in [7, 11) is 0. The van der Waals surface area contributed by atoms with Crippen molar-refractivity contribution in [1.29, 1.82) is 0 Å². The van der Waals surface area contributed by atoms with Crippen LogP contribution in [0.1, 0.15) is 43.9 Å². The molecule has 0 saturated heterocycles. The molecule has 0 bridgehead atoms. The summed E-state index contributed by atoms with van der Waals surface area (Å²) in [5, 5.41) is 0.797. The predicted octanol–water partition coefficient (Wildman–Crippen LogP) is 4.51. The fourth-order valence-corrected chi connectivity index (χ4v) is 2.13. The lowest BCUT2D eigenvalue weighted by molar-refractivity contribution is 0.506. The lowest BCUT2D eigenvalue weighted by Crippen LogP contribution is -2.13. The molecule has 0 radical (unpaired) electrons. The van der Waals surface area contributed by atoms with Crippen LogP contribution in [-0.2, 0) is 0 Å². The van der Waals surface area contributed by atoms with E-state index in [0.29, 0.717) is 5.92 Å². The Hall–Kier alpha value is -0.240. The highest BCUT2D eigenvalue weighted by Crippen LogP contribution is 2.28. The van der Waals surface area contributed by atoms with Gasteiger partial charge in [0.15, 0.2) is 0 Å². The normalized spacial score (nSPS) is 12.4. The van der Waals surface area contributed by atoms with Crippen LogP contribution >= 0.6 is 24.0 Å². The Morgan fingerprint density at radius 3 is 2.38 bits per heavy atom. The molecule has 0 aliphatic heterocycles. The lowest BCUT2D eigenvalue weighted by atomic mass is 9.95. The summed E-state index contributed by atoms with van der Waals surface area (Å²) in [6.45, 7) is 6.49. The number of benzene rings is 1. The number of nitrogens with two attached hydrogens (primary N) is 1. The van der Waals surface area contributed by atoms with Gasteiger partial charge in [0.05, 0.1) is 0 Å². The summed E-state index contributed by atoms with van der Waals surface area (Å²) in [6, 6.07) is 6.02. The van der Waals surface area contributed by atoms with Crippen molar-refractivity contribution in [3.8, 4) is 0 Å². The molecule has 0 amide bonds. The van der Waals surface area contributed by atoms with Gasteiger partial charge in [-0.05, 0) is 42.9 Å². The second-order valence-corrected chi connectivity index (χ2v) is 4.96. The van der Waals surface area contributed by atoms with E-state index >= 15 is 0 Å². The van der Waals surface area contributed by atoms with Crippen molar-refractivity contribution in [1.82, 2.24) is 0 Å². The molecule has 92 valence electrons. The van der Waals surface area contributed by atoms with Gasteiger partial charge >= 0.3 is 0 Å². The van der Waals surface area contributed by atoms with Gasteiger partial charge in [0.25, 0.3) is 0 Å². The van der Waals surface area contributed by atoms with Crippen molar-refractivity contribution in [2.75, 3.05) is 0 Å². The van der Waals surface area contributed by atoms with Gasteiger partial charge in [0, 0.05) is 11.1 Å². The van der Waals surface area contributed by atoms with Gasteiger partial charge in [-0.2, -0.15) is 0 Å². The van der Waals surface area contributed by atoms with E-state index in [0.717, 1.165) is 23.4 Å². The van der Waals surface area contributed by atoms with Crippen LogP contribution in [0.25, 0.3) is 0 Å². The van der Waals surface area contributed by atoms with Gasteiger partial charge < -0.3 is 5.73 Å². The van der Waals surface area contributed by atoms with Gasteiger partial charge in [0.2, 0.25) is 0 Å². The maximum Gasteiger partial charge on any atom is 0.0456 e. The van der Waals surface area contributed by atoms with E-state index in [-0.39, 0.29) is 18.4 Å². The molecule has 0 saturated carbocycles. The molecular formula is C13H21Cl2N. The summed E-state index contributed by atoms with van der Waals surface area (Å²) < 4.78 is 0. The zero-order chi connectivity index (χ0) is 11.4. The third-order valence-corrected chi connectivity index (χ3v) is 3.03. The van der Waals surface area contributed by atoms with Crippen LogP contribution in [0.15, 0.2) is 18.2 Å². The minimum absolute atomic E-state index is 0. The molecule has 1 nitrogen and oxygen atoms in total. The van der Waals surface area contributed by atoms with E-state index < -0.39 is 0 Å². The Kier molecular flexibility index (Phi) is 7.05. The minimum Gasteiger partial charge on any atom is -0.324 e. The van der Waals surface area contributed by atoms with Crippen molar-refractivity contribution >= 4 is 24.0 Å². The molecule has 16 heavy (non-hydrogen) atoms. The second kappa shape index (κ2) is 7.16. The highest BCUT2D eigenvalue weighted by Gasteiger charge is 2.12. The fourth-order valence-electron chi connectivity index (χ4n) is 1.77. The van der Waals surface area contributed by atoms with Crippen LogP contribution in [0, 0.1) is 12.8 Å². The molecular weight excluding hydrogens is 241 g/mol. The topological polar surface area (TPSA) is 26.0 Å². The minimum atomic E-state index is 0. The quantitative estimate of drug-likeness (QED) is 0.849. The smallest absolute Gasteiger partial charge is 0.0456 e. The van der Waals surface area contributed by atoms with Crippen LogP contribution in [-0.4, -0.2) is 0 Å². The van der Waals surface area contributed by atoms with Crippen LogP contribution in [0.2, 0.25) is 5.02 Å². The summed E-state index contributed by atoms with van der Waals surface area (Å²) in [5.41, 5.74) is 8.46. The van der Waals surface area contributed by atoms with Crippen LogP contribution in [0.5, 0.6) is 0 Å². The number of hydrogen-bond acceptors (Lipinski definition) is 1. The zero-order valence-corrected chi connectivity index (χ0v) is 11.7. The Morgan fingerprint density at radius 1 is 1.25 bits per heavy atom. The van der Waals surface area contributed by atoms with E-state index in [1.165, 1.54) is 5.56 Å². The summed E-state index contributed by atoms with van der Waals surface area (Å²) in [6.07, 6.45) is 2.15. The number of aryl methyl sites for hydroxylation is 1. The first-order valence-electron chi connectivity index (χ1n) is 5.53. The molecule has 0 unspecified atom stereocenters. The average Bonchev–Trinajstić information content (AvgIpc) is 2.14. The average molecular weight is 262 g/mol. The Labute approximate surface area is 110 Å². The van der Waals surface area contributed by atoms with Gasteiger partial charge in [-0.15, -0.1) is 12.4 Å². The van der Waals surface area contributed by atoms with Gasteiger partial charge in [-0.3, -0.25) is 0 Å². The Bertz CT molecular complexity index is 303. The molecule has 0 aliphatic rings. The second-order valence-electron chi connectivity index (χ2n) is 4.55. The molecule has 2 N–H and O–H groups in total. The van der Waals surface area contributed by atoms with Crippen molar-refractivity contribution in [3.05, 3.63) is 34.3 Å². The van der Waals surface area contributed by atoms with E-state index in [2.05, 4.69) is 26.8 Å². The lowest BCUT2D eigenvalue weighted by Gasteiger charge is -2.17. The maximum absolute atomic E-state index is 6.16. The molecule has 0 fully saturated rings. The van der Waals surface area contributed by atoms with Crippen LogP contribution in [0.3, 0.4) is 0 Å². The van der Waals surface area contributed by atoms with E-state index in [1.807, 2.05) is 12.1 Å². The summed E-state index contributed by atoms with van der Waals surface area (Å²) >= 11 is 6.16. The van der Waals surface area contributed by atoms with Gasteiger partial charge in [-0.25, -0.2) is 0 Å². The van der Waals surface area contributed by atoms with Gasteiger partial charge in [-0.1, -0.05) is 37.6 Å². The van der Waals surface area contributed by atoms with Gasteiger partial charge in [0.1, 0.15) is 0 Å². The first-order chi connectivity index (χ1) is 7.02. The Morgan fingerprint density at radius 2 is 1.88 bits per heavy atom. The van der Waals surface area contributed by atoms with Crippen molar-refractivity contribution in [2.45, 2.75) is 39.7 Å². The molecule has 1 aromatic carbocycles. The van der Waals surface area contributed by atoms with E-state index in [1.54, 1.807) is 0 Å². The molecule has 1 atom stereocenters. The molecule has 1 rings (SSSR count). The SMILES string of the molecule is Cc1cccc(Cl)c1[C@@H](N)CCC(C)C.Cl. The highest BCUT2D eigenvalue weighted by atomic mass is 35.5. The molecule has 0 heterocycles. The number of halogens is 2. The van der Waals surface area contributed by atoms with Crippen LogP contribution < -0.4 is 5.73 Å². The fraction of sp³-hybridized carbons (Fsp3) is 0.538. The molecule has 0 aliphatic carbocycles. The molecule has 0 aromatic heterocycles. The Balaban J connectivity index is 0.00000225. The first-order valence-corrected chi connectivity index (χ1v) is 5.90. The maximum atomic E-state index is 6.16. The summed E-state index contributed by atoms with van der Waals surface area (Å²) in [5.74, 6) is 0.693. The predicted molar refractivity (Wildman–Crippen MR) is 74.4 cm³/mol. The highest BCUT2D eigenvalue weighted by molar-refractivity contribution is 6.31. The van der Waals surface area contributed by atoms with Crippen molar-refractivity contribution < 1.29 is 0 Å². The van der Waals surface area contributed by atoms with Crippen molar-refractivity contribution in [2.24, 2.45) is 11.7 Å². The third kappa shape index (κ3) is 4.32. The number of hydrogen-bond donors (Lipinski definition) is 1. The first kappa shape index (κ1) is 15.8. The third-order valence-electron chi connectivity index (χ3n) is 2.70. The van der Waals surface area contributed by atoms with E-state index in [4.69, 9.17) is 17.3 Å². The van der Waals surface area contributed by atoms with Crippen molar-refractivity contribution in [3.63, 3.8) is 0 Å².